The van der Waals surface area contributed by atoms with Crippen molar-refractivity contribution in [2.75, 3.05) is 11.9 Å². The second-order valence-corrected chi connectivity index (χ2v) is 10.4. The third kappa shape index (κ3) is 4.68. The van der Waals surface area contributed by atoms with E-state index in [4.69, 9.17) is 16.6 Å². The third-order valence-electron chi connectivity index (χ3n) is 7.64. The zero-order valence-corrected chi connectivity index (χ0v) is 21.1. The zero-order chi connectivity index (χ0) is 23.8. The average molecular weight is 482 g/mol. The molecule has 2 heterocycles. The molecule has 1 aliphatic carbocycles. The van der Waals surface area contributed by atoms with Crippen LogP contribution < -0.4 is 5.32 Å². The molecule has 2 aliphatic heterocycles. The first kappa shape index (κ1) is 22.6. The van der Waals surface area contributed by atoms with Gasteiger partial charge in [0.1, 0.15) is 0 Å². The lowest BCUT2D eigenvalue weighted by Gasteiger charge is -2.30. The van der Waals surface area contributed by atoms with Crippen molar-refractivity contribution in [3.63, 3.8) is 0 Å². The Morgan fingerprint density at radius 1 is 0.971 bits per heavy atom. The molecule has 3 aliphatic rings. The molecule has 3 aromatic carbocycles. The molecule has 178 valence electrons. The van der Waals surface area contributed by atoms with E-state index in [1.54, 1.807) is 0 Å². The molecule has 6 rings (SSSR count). The summed E-state index contributed by atoms with van der Waals surface area (Å²) in [6.07, 6.45) is 6.82. The van der Waals surface area contributed by atoms with Gasteiger partial charge in [-0.1, -0.05) is 61.0 Å². The molecule has 0 bridgehead atoms. The summed E-state index contributed by atoms with van der Waals surface area (Å²) in [6, 6.07) is 24.3. The Hall–Kier alpha value is -2.88. The number of rotatable bonds is 6. The summed E-state index contributed by atoms with van der Waals surface area (Å²) >= 11 is 6.78. The fraction of sp³-hybridized carbons (Fsp3) is 0.323. The number of hydrogen-bond donors (Lipinski definition) is 1. The maximum absolute atomic E-state index is 6.78. The molecule has 0 amide bonds. The highest BCUT2D eigenvalue weighted by Gasteiger charge is 2.31. The molecule has 0 saturated heterocycles. The fourth-order valence-electron chi connectivity index (χ4n) is 5.53. The van der Waals surface area contributed by atoms with Crippen LogP contribution in [0, 0.1) is 0 Å². The molecule has 1 saturated carbocycles. The van der Waals surface area contributed by atoms with E-state index in [1.165, 1.54) is 40.8 Å². The number of anilines is 2. The molecular weight excluding hydrogens is 450 g/mol. The Bertz CT molecular complexity index is 1300. The van der Waals surface area contributed by atoms with Crippen LogP contribution in [0.1, 0.15) is 61.3 Å². The number of nitrogens with zero attached hydrogens (tertiary/aromatic N) is 2. The number of aliphatic imine (C=N–C) groups is 1. The Morgan fingerprint density at radius 2 is 1.83 bits per heavy atom. The van der Waals surface area contributed by atoms with Crippen LogP contribution in [0.25, 0.3) is 5.70 Å². The highest BCUT2D eigenvalue weighted by Crippen LogP contribution is 2.38. The largest absolute Gasteiger partial charge is 0.355 e. The quantitative estimate of drug-likeness (QED) is 0.386. The topological polar surface area (TPSA) is 27.6 Å². The lowest BCUT2D eigenvalue weighted by atomic mass is 9.93. The monoisotopic (exact) mass is 481 g/mol. The highest BCUT2D eigenvalue weighted by atomic mass is 35.5. The van der Waals surface area contributed by atoms with Crippen LogP contribution in [-0.4, -0.2) is 23.2 Å². The molecule has 1 N–H and O–H groups in total. The number of hydrogen-bond acceptors (Lipinski definition) is 3. The van der Waals surface area contributed by atoms with Crippen molar-refractivity contribution in [2.24, 2.45) is 4.99 Å². The first-order valence-corrected chi connectivity index (χ1v) is 13.3. The van der Waals surface area contributed by atoms with Gasteiger partial charge in [-0.3, -0.25) is 9.89 Å². The van der Waals surface area contributed by atoms with Crippen molar-refractivity contribution in [1.82, 2.24) is 4.90 Å². The van der Waals surface area contributed by atoms with E-state index in [9.17, 15) is 0 Å². The van der Waals surface area contributed by atoms with E-state index in [0.29, 0.717) is 0 Å². The molecule has 35 heavy (non-hydrogen) atoms. The second kappa shape index (κ2) is 9.64. The lowest BCUT2D eigenvalue weighted by Crippen LogP contribution is -2.32. The molecule has 3 nitrogen and oxygen atoms in total. The molecule has 0 unspecified atom stereocenters. The van der Waals surface area contributed by atoms with Gasteiger partial charge in [0.15, 0.2) is 0 Å². The Morgan fingerprint density at radius 3 is 2.63 bits per heavy atom. The smallest absolute Gasteiger partial charge is 0.0713 e. The number of allylic oxidation sites excluding steroid dienone is 1. The predicted molar refractivity (Wildman–Crippen MR) is 148 cm³/mol. The minimum absolute atomic E-state index is 0.754. The molecular formula is C31H32ClN3. The average Bonchev–Trinajstić information content (AvgIpc) is 3.76. The summed E-state index contributed by atoms with van der Waals surface area (Å²) in [5.74, 6) is 0. The summed E-state index contributed by atoms with van der Waals surface area (Å²) in [5.41, 5.74) is 11.0. The van der Waals surface area contributed by atoms with Gasteiger partial charge in [-0.2, -0.15) is 0 Å². The molecule has 0 atom stereocenters. The van der Waals surface area contributed by atoms with Gasteiger partial charge in [0, 0.05) is 41.8 Å². The van der Waals surface area contributed by atoms with Gasteiger partial charge >= 0.3 is 0 Å². The lowest BCUT2D eigenvalue weighted by molar-refractivity contribution is 0.244. The molecule has 0 radical (unpaired) electrons. The summed E-state index contributed by atoms with van der Waals surface area (Å²) in [4.78, 5) is 7.81. The van der Waals surface area contributed by atoms with Crippen molar-refractivity contribution >= 4 is 34.4 Å². The van der Waals surface area contributed by atoms with E-state index in [1.807, 2.05) is 6.07 Å². The van der Waals surface area contributed by atoms with Crippen molar-refractivity contribution in [3.05, 3.63) is 99.6 Å². The van der Waals surface area contributed by atoms with Gasteiger partial charge in [-0.05, 0) is 85.1 Å². The van der Waals surface area contributed by atoms with Crippen LogP contribution in [0.3, 0.4) is 0 Å². The van der Waals surface area contributed by atoms with Gasteiger partial charge in [0.2, 0.25) is 0 Å². The molecule has 1 fully saturated rings. The van der Waals surface area contributed by atoms with Gasteiger partial charge in [-0.15, -0.1) is 0 Å². The van der Waals surface area contributed by atoms with E-state index in [2.05, 4.69) is 77.8 Å². The number of halogens is 1. The SMILES string of the molecule is CCC1=C(c2cc(Nc3cccc4c3CCN(C3CC3)C4)ccc2Cl)N=C(c2ccccc2)CC1. The van der Waals surface area contributed by atoms with Crippen LogP contribution in [-0.2, 0) is 13.0 Å². The van der Waals surface area contributed by atoms with Gasteiger partial charge in [0.25, 0.3) is 0 Å². The molecule has 0 spiro atoms. The van der Waals surface area contributed by atoms with E-state index < -0.39 is 0 Å². The minimum atomic E-state index is 0.754. The molecule has 3 aromatic rings. The van der Waals surface area contributed by atoms with Crippen molar-refractivity contribution in [2.45, 2.75) is 58.0 Å². The Balaban J connectivity index is 1.32. The standard InChI is InChI=1S/C31H32ClN3/c1-2-21-11-16-29(22-7-4-3-5-8-22)34-31(21)27-19-24(12-15-28(27)32)33-30-10-6-9-23-20-35(25-13-14-25)18-17-26(23)30/h3-10,12,15,19,25,33H,2,11,13-14,16-18,20H2,1H3. The van der Waals surface area contributed by atoms with Gasteiger partial charge < -0.3 is 5.32 Å². The molecule has 0 aromatic heterocycles. The summed E-state index contributed by atoms with van der Waals surface area (Å²) < 4.78 is 0. The first-order valence-electron chi connectivity index (χ1n) is 13.0. The summed E-state index contributed by atoms with van der Waals surface area (Å²) in [6.45, 7) is 4.45. The van der Waals surface area contributed by atoms with Gasteiger partial charge in [-0.25, -0.2) is 0 Å². The minimum Gasteiger partial charge on any atom is -0.355 e. The van der Waals surface area contributed by atoms with Crippen molar-refractivity contribution in [3.8, 4) is 0 Å². The number of nitrogens with one attached hydrogen (secondary N) is 1. The Kier molecular flexibility index (Phi) is 6.22. The second-order valence-electron chi connectivity index (χ2n) is 9.94. The van der Waals surface area contributed by atoms with E-state index in [-0.39, 0.29) is 0 Å². The molecule has 4 heteroatoms. The van der Waals surface area contributed by atoms with E-state index in [0.717, 1.165) is 72.5 Å². The van der Waals surface area contributed by atoms with E-state index >= 15 is 0 Å². The van der Waals surface area contributed by atoms with Crippen LogP contribution in [0.4, 0.5) is 11.4 Å². The van der Waals surface area contributed by atoms with Crippen LogP contribution >= 0.6 is 11.6 Å². The Labute approximate surface area is 213 Å². The summed E-state index contributed by atoms with van der Waals surface area (Å²) in [7, 11) is 0. The van der Waals surface area contributed by atoms with Crippen molar-refractivity contribution < 1.29 is 0 Å². The third-order valence-corrected chi connectivity index (χ3v) is 7.97. The van der Waals surface area contributed by atoms with Crippen LogP contribution in [0.2, 0.25) is 5.02 Å². The highest BCUT2D eigenvalue weighted by molar-refractivity contribution is 6.32. The number of benzene rings is 3. The van der Waals surface area contributed by atoms with Crippen molar-refractivity contribution in [1.29, 1.82) is 0 Å². The maximum Gasteiger partial charge on any atom is 0.0713 e. The van der Waals surface area contributed by atoms with Gasteiger partial charge in [0.05, 0.1) is 10.7 Å². The van der Waals surface area contributed by atoms with Crippen LogP contribution in [0.5, 0.6) is 0 Å². The van der Waals surface area contributed by atoms with Crippen LogP contribution in [0.15, 0.2) is 77.3 Å². The normalized spacial score (nSPS) is 18.3. The maximum atomic E-state index is 6.78. The fourth-order valence-corrected chi connectivity index (χ4v) is 5.74. The predicted octanol–water partition coefficient (Wildman–Crippen LogP) is 8.01. The summed E-state index contributed by atoms with van der Waals surface area (Å²) in [5, 5.41) is 4.48. The zero-order valence-electron chi connectivity index (χ0n) is 20.4. The number of fused-ring (bicyclic) bond motifs is 1. The first-order chi connectivity index (χ1) is 17.2.